The van der Waals surface area contributed by atoms with Crippen molar-refractivity contribution in [1.29, 1.82) is 0 Å². The molecule has 0 saturated carbocycles. The first kappa shape index (κ1) is 26.0. The van der Waals surface area contributed by atoms with E-state index in [0.29, 0.717) is 25.1 Å². The Morgan fingerprint density at radius 3 is 2.58 bits per heavy atom. The molecule has 33 heavy (non-hydrogen) atoms. The highest BCUT2D eigenvalue weighted by molar-refractivity contribution is 6.30. The summed E-state index contributed by atoms with van der Waals surface area (Å²) in [6, 6.07) is 6.67. The van der Waals surface area contributed by atoms with Gasteiger partial charge < -0.3 is 20.1 Å². The maximum atomic E-state index is 13.3. The van der Waals surface area contributed by atoms with Gasteiger partial charge in [0.1, 0.15) is 17.3 Å². The van der Waals surface area contributed by atoms with Crippen molar-refractivity contribution in [2.45, 2.75) is 26.0 Å². The van der Waals surface area contributed by atoms with E-state index in [2.05, 4.69) is 26.9 Å². The molecule has 1 aromatic carbocycles. The van der Waals surface area contributed by atoms with Gasteiger partial charge in [0.25, 0.3) is 5.91 Å². The van der Waals surface area contributed by atoms with Crippen molar-refractivity contribution >= 4 is 23.4 Å². The molecule has 0 aliphatic carbocycles. The van der Waals surface area contributed by atoms with Crippen molar-refractivity contribution in [1.82, 2.24) is 15.6 Å². The second-order valence-corrected chi connectivity index (χ2v) is 7.19. The minimum atomic E-state index is -2.93. The lowest BCUT2D eigenvalue weighted by Crippen LogP contribution is -2.32. The van der Waals surface area contributed by atoms with Gasteiger partial charge >= 0.3 is 6.61 Å². The predicted molar refractivity (Wildman–Crippen MR) is 116 cm³/mol. The van der Waals surface area contributed by atoms with E-state index in [0.717, 1.165) is 12.3 Å². The topological polar surface area (TPSA) is 89.5 Å². The van der Waals surface area contributed by atoms with Gasteiger partial charge in [-0.15, -0.1) is 6.58 Å². The van der Waals surface area contributed by atoms with Crippen LogP contribution in [0.3, 0.4) is 0 Å². The number of ether oxygens (including phenoxy) is 2. The van der Waals surface area contributed by atoms with E-state index in [1.54, 1.807) is 0 Å². The van der Waals surface area contributed by atoms with Gasteiger partial charge in [-0.2, -0.15) is 8.78 Å². The number of nitrogens with one attached hydrogen (secondary N) is 2. The zero-order valence-electron chi connectivity index (χ0n) is 17.5. The molecule has 2 N–H and O–H groups in total. The van der Waals surface area contributed by atoms with Crippen LogP contribution < -0.4 is 20.1 Å². The largest absolute Gasteiger partial charge is 0.484 e. The van der Waals surface area contributed by atoms with Crippen molar-refractivity contribution in [3.05, 3.63) is 65.7 Å². The summed E-state index contributed by atoms with van der Waals surface area (Å²) in [6.45, 7) is 0.846. The molecular formula is C22H23ClF3N3O4. The Kier molecular flexibility index (Phi) is 10.5. The van der Waals surface area contributed by atoms with Crippen molar-refractivity contribution in [3.63, 3.8) is 0 Å². The molecule has 2 rings (SSSR count). The van der Waals surface area contributed by atoms with E-state index >= 15 is 0 Å². The Balaban J connectivity index is 1.66. The number of pyridine rings is 1. The molecule has 1 heterocycles. The van der Waals surface area contributed by atoms with E-state index in [1.165, 1.54) is 30.3 Å². The zero-order chi connectivity index (χ0) is 24.2. The smallest absolute Gasteiger partial charge is 0.387 e. The molecule has 1 atom stereocenters. The normalized spacial score (nSPS) is 11.5. The van der Waals surface area contributed by atoms with Crippen LogP contribution in [0.15, 0.2) is 49.2 Å². The molecule has 7 nitrogen and oxygen atoms in total. The number of hydrogen-bond donors (Lipinski definition) is 2. The summed E-state index contributed by atoms with van der Waals surface area (Å²) in [5.41, 5.74) is 0.473. The number of carbonyl (C=O) groups excluding carboxylic acids is 2. The number of nitrogens with zero attached hydrogens (tertiary/aromatic N) is 1. The lowest BCUT2D eigenvalue weighted by molar-refractivity contribution is -0.124. The van der Waals surface area contributed by atoms with Crippen LogP contribution in [-0.2, 0) is 16.1 Å². The van der Waals surface area contributed by atoms with E-state index in [4.69, 9.17) is 16.3 Å². The molecule has 0 aliphatic heterocycles. The number of rotatable bonds is 13. The summed E-state index contributed by atoms with van der Waals surface area (Å²) in [7, 11) is 0. The molecule has 0 bridgehead atoms. The summed E-state index contributed by atoms with van der Waals surface area (Å²) >= 11 is 5.58. The van der Waals surface area contributed by atoms with E-state index in [-0.39, 0.29) is 35.6 Å². The minimum Gasteiger partial charge on any atom is -0.484 e. The highest BCUT2D eigenvalue weighted by atomic mass is 35.5. The quantitative estimate of drug-likeness (QED) is 0.332. The number of halogens is 4. The second kappa shape index (κ2) is 13.3. The van der Waals surface area contributed by atoms with Crippen LogP contribution in [0.2, 0.25) is 5.02 Å². The van der Waals surface area contributed by atoms with Gasteiger partial charge in [-0.05, 0) is 37.1 Å². The van der Waals surface area contributed by atoms with Crippen LogP contribution in [-0.4, -0.2) is 36.6 Å². The molecule has 0 fully saturated rings. The molecule has 11 heteroatoms. The van der Waals surface area contributed by atoms with E-state index in [1.807, 2.05) is 0 Å². The number of carbonyl (C=O) groups is 2. The van der Waals surface area contributed by atoms with Crippen LogP contribution in [0.4, 0.5) is 13.2 Å². The molecule has 0 saturated heterocycles. The van der Waals surface area contributed by atoms with Gasteiger partial charge in [-0.25, -0.2) is 4.39 Å². The molecule has 1 unspecified atom stereocenters. The van der Waals surface area contributed by atoms with Gasteiger partial charge in [-0.1, -0.05) is 17.7 Å². The van der Waals surface area contributed by atoms with Crippen molar-refractivity contribution in [2.75, 3.05) is 13.2 Å². The molecule has 2 amide bonds. The van der Waals surface area contributed by atoms with Crippen LogP contribution in [0, 0.1) is 11.7 Å². The summed E-state index contributed by atoms with van der Waals surface area (Å²) in [4.78, 5) is 28.1. The lowest BCUT2D eigenvalue weighted by Gasteiger charge is -2.13. The summed E-state index contributed by atoms with van der Waals surface area (Å²) in [6.07, 6.45) is 3.59. The van der Waals surface area contributed by atoms with Gasteiger partial charge in [-0.3, -0.25) is 14.6 Å². The van der Waals surface area contributed by atoms with Gasteiger partial charge in [0.2, 0.25) is 5.91 Å². The summed E-state index contributed by atoms with van der Waals surface area (Å²) in [5, 5.41) is 5.31. The maximum absolute atomic E-state index is 13.3. The minimum absolute atomic E-state index is 0.0405. The maximum Gasteiger partial charge on any atom is 0.387 e. The molecule has 0 radical (unpaired) electrons. The Bertz CT molecular complexity index is 945. The number of benzene rings is 1. The van der Waals surface area contributed by atoms with Crippen molar-refractivity contribution < 1.29 is 32.2 Å². The van der Waals surface area contributed by atoms with Crippen LogP contribution >= 0.6 is 11.6 Å². The summed E-state index contributed by atoms with van der Waals surface area (Å²) in [5.74, 6) is -1.69. The number of hydrogen-bond acceptors (Lipinski definition) is 5. The molecule has 178 valence electrons. The molecule has 0 spiro atoms. The van der Waals surface area contributed by atoms with E-state index < -0.39 is 24.3 Å². The first-order valence-electron chi connectivity index (χ1n) is 9.93. The predicted octanol–water partition coefficient (Wildman–Crippen LogP) is 3.87. The number of amides is 2. The van der Waals surface area contributed by atoms with Crippen molar-refractivity contribution in [2.24, 2.45) is 5.92 Å². The Morgan fingerprint density at radius 2 is 1.94 bits per heavy atom. The SMILES string of the molecule is C=CC(CCCNC(=O)COc1ccc(Cl)c(F)c1)C(=O)NCc1ccc(OC(F)F)cn1. The monoisotopic (exact) mass is 485 g/mol. The first-order chi connectivity index (χ1) is 15.8. The number of aromatic nitrogens is 1. The lowest BCUT2D eigenvalue weighted by atomic mass is 10.0. The van der Waals surface area contributed by atoms with E-state index in [9.17, 15) is 22.8 Å². The Labute approximate surface area is 193 Å². The molecular weight excluding hydrogens is 463 g/mol. The fourth-order valence-corrected chi connectivity index (χ4v) is 2.79. The third-order valence-corrected chi connectivity index (χ3v) is 4.67. The number of alkyl halides is 2. The molecule has 1 aromatic heterocycles. The average molecular weight is 486 g/mol. The van der Waals surface area contributed by atoms with Gasteiger partial charge in [0, 0.05) is 12.6 Å². The first-order valence-corrected chi connectivity index (χ1v) is 10.3. The molecule has 0 aliphatic rings. The standard InChI is InChI=1S/C22H23ClF3N3O4/c1-2-14(21(31)29-11-15-5-6-17(12-28-15)33-22(25)26)4-3-9-27-20(30)13-32-16-7-8-18(23)19(24)10-16/h2,5-8,10,12,14,22H,1,3-4,9,11,13H2,(H,27,30)(H,29,31). The Hall–Kier alpha value is -3.27. The highest BCUT2D eigenvalue weighted by Crippen LogP contribution is 2.20. The van der Waals surface area contributed by atoms with Crippen LogP contribution in [0.25, 0.3) is 0 Å². The van der Waals surface area contributed by atoms with Gasteiger partial charge in [0.05, 0.1) is 29.4 Å². The second-order valence-electron chi connectivity index (χ2n) is 6.78. The van der Waals surface area contributed by atoms with Crippen LogP contribution in [0.5, 0.6) is 11.5 Å². The van der Waals surface area contributed by atoms with Crippen LogP contribution in [0.1, 0.15) is 18.5 Å². The average Bonchev–Trinajstić information content (AvgIpc) is 2.79. The fourth-order valence-electron chi connectivity index (χ4n) is 2.67. The molecule has 2 aromatic rings. The summed E-state index contributed by atoms with van der Waals surface area (Å²) < 4.78 is 47.1. The third-order valence-electron chi connectivity index (χ3n) is 4.36. The Morgan fingerprint density at radius 1 is 1.18 bits per heavy atom. The third kappa shape index (κ3) is 9.40. The van der Waals surface area contributed by atoms with Crippen molar-refractivity contribution in [3.8, 4) is 11.5 Å². The fraction of sp³-hybridized carbons (Fsp3) is 0.318. The highest BCUT2D eigenvalue weighted by Gasteiger charge is 2.15. The zero-order valence-corrected chi connectivity index (χ0v) is 18.3. The van der Waals surface area contributed by atoms with Gasteiger partial charge in [0.15, 0.2) is 6.61 Å².